The molecule has 0 aromatic carbocycles. The molecule has 0 aromatic rings. The van der Waals surface area contributed by atoms with Crippen LogP contribution in [0.2, 0.25) is 0 Å². The van der Waals surface area contributed by atoms with Gasteiger partial charge in [0.15, 0.2) is 6.23 Å². The van der Waals surface area contributed by atoms with Gasteiger partial charge in [0.25, 0.3) is 0 Å². The fraction of sp³-hybridized carbons (Fsp3) is 0.600. The zero-order valence-corrected chi connectivity index (χ0v) is 9.10. The highest BCUT2D eigenvalue weighted by Crippen LogP contribution is 2.04. The Hall–Kier alpha value is -1.52. The van der Waals surface area contributed by atoms with E-state index in [1.54, 1.807) is 0 Å². The molecule has 15 heavy (non-hydrogen) atoms. The molecular weight excluding hydrogens is 198 g/mol. The van der Waals surface area contributed by atoms with Crippen LogP contribution in [0.4, 0.5) is 4.79 Å². The fourth-order valence-electron chi connectivity index (χ4n) is 1.04. The van der Waals surface area contributed by atoms with E-state index >= 15 is 0 Å². The van der Waals surface area contributed by atoms with Crippen LogP contribution in [-0.4, -0.2) is 34.8 Å². The van der Waals surface area contributed by atoms with Crippen molar-refractivity contribution in [2.45, 2.75) is 32.9 Å². The molecule has 0 rings (SSSR count). The molecule has 0 saturated carbocycles. The first-order valence-corrected chi connectivity index (χ1v) is 4.85. The molecule has 0 aliphatic heterocycles. The van der Waals surface area contributed by atoms with Gasteiger partial charge in [-0.2, -0.15) is 0 Å². The van der Waals surface area contributed by atoms with Crippen LogP contribution in [0.25, 0.3) is 0 Å². The maximum Gasteiger partial charge on any atom is 0.410 e. The Kier molecular flexibility index (Phi) is 6.17. The summed E-state index contributed by atoms with van der Waals surface area (Å²) in [6.07, 6.45) is 0.761. The number of hydrogen-bond donors (Lipinski definition) is 1. The summed E-state index contributed by atoms with van der Waals surface area (Å²) in [5.74, 6) is -0.620. The first kappa shape index (κ1) is 13.5. The van der Waals surface area contributed by atoms with Crippen LogP contribution in [0.5, 0.6) is 0 Å². The largest absolute Gasteiger partial charge is 0.465 e. The van der Waals surface area contributed by atoms with Gasteiger partial charge in [-0.15, -0.1) is 0 Å². The molecule has 0 aliphatic rings. The number of rotatable bonds is 6. The number of carbonyl (C=O) groups is 2. The summed E-state index contributed by atoms with van der Waals surface area (Å²) in [7, 11) is 0. The van der Waals surface area contributed by atoms with Crippen LogP contribution in [0.1, 0.15) is 26.7 Å². The second-order valence-corrected chi connectivity index (χ2v) is 3.07. The summed E-state index contributed by atoms with van der Waals surface area (Å²) in [6, 6.07) is 0. The summed E-state index contributed by atoms with van der Waals surface area (Å²) in [5, 5.41) is 8.86. The molecular formula is C10H17NO4. The quantitative estimate of drug-likeness (QED) is 0.417. The van der Waals surface area contributed by atoms with E-state index in [0.717, 1.165) is 23.8 Å². The van der Waals surface area contributed by atoms with Crippen LogP contribution in [0.15, 0.2) is 12.7 Å². The number of ether oxygens (including phenoxy) is 1. The fourth-order valence-corrected chi connectivity index (χ4v) is 1.04. The van der Waals surface area contributed by atoms with Gasteiger partial charge < -0.3 is 9.84 Å². The van der Waals surface area contributed by atoms with E-state index in [1.165, 1.54) is 6.92 Å². The molecule has 0 aromatic heterocycles. The minimum atomic E-state index is -1.09. The lowest BCUT2D eigenvalue weighted by atomic mass is 10.3. The average molecular weight is 215 g/mol. The molecule has 0 bridgehead atoms. The zero-order valence-electron chi connectivity index (χ0n) is 9.10. The van der Waals surface area contributed by atoms with Crippen molar-refractivity contribution in [3.8, 4) is 0 Å². The van der Waals surface area contributed by atoms with Crippen LogP contribution >= 0.6 is 0 Å². The van der Waals surface area contributed by atoms with Gasteiger partial charge in [0.1, 0.15) is 0 Å². The maximum absolute atomic E-state index is 10.9. The van der Waals surface area contributed by atoms with Crippen molar-refractivity contribution in [1.82, 2.24) is 4.90 Å². The smallest absolute Gasteiger partial charge is 0.410 e. The van der Waals surface area contributed by atoms with E-state index < -0.39 is 18.3 Å². The molecule has 0 saturated heterocycles. The minimum Gasteiger partial charge on any atom is -0.465 e. The Morgan fingerprint density at radius 3 is 2.60 bits per heavy atom. The van der Waals surface area contributed by atoms with Gasteiger partial charge in [-0.05, 0) is 13.3 Å². The van der Waals surface area contributed by atoms with Crippen molar-refractivity contribution in [2.24, 2.45) is 0 Å². The van der Waals surface area contributed by atoms with Crippen LogP contribution in [0.3, 0.4) is 0 Å². The first-order chi connectivity index (χ1) is 7.02. The molecule has 0 radical (unpaired) electrons. The molecule has 0 heterocycles. The highest BCUT2D eigenvalue weighted by Gasteiger charge is 2.20. The van der Waals surface area contributed by atoms with Gasteiger partial charge in [-0.3, -0.25) is 4.90 Å². The third-order valence-electron chi connectivity index (χ3n) is 1.89. The lowest BCUT2D eigenvalue weighted by Crippen LogP contribution is -2.40. The number of carboxylic acid groups (broad SMARTS) is 1. The summed E-state index contributed by atoms with van der Waals surface area (Å²) < 4.78 is 4.81. The van der Waals surface area contributed by atoms with Crippen LogP contribution < -0.4 is 0 Å². The standard InChI is InChI=1S/C10H17NO4/c1-4-6-7-11(10(13)14)8(3)15-9(12)5-2/h5,8H,2,4,6-7H2,1,3H3,(H,13,14). The molecule has 0 spiro atoms. The van der Waals surface area contributed by atoms with E-state index in [-0.39, 0.29) is 0 Å². The highest BCUT2D eigenvalue weighted by molar-refractivity contribution is 5.81. The van der Waals surface area contributed by atoms with E-state index in [2.05, 4.69) is 6.58 Å². The van der Waals surface area contributed by atoms with Crippen LogP contribution in [0, 0.1) is 0 Å². The predicted octanol–water partition coefficient (Wildman–Crippen LogP) is 1.84. The Bertz CT molecular complexity index is 240. The van der Waals surface area contributed by atoms with Crippen LogP contribution in [-0.2, 0) is 9.53 Å². The summed E-state index contributed by atoms with van der Waals surface area (Å²) in [5.41, 5.74) is 0. The van der Waals surface area contributed by atoms with E-state index in [1.807, 2.05) is 6.92 Å². The van der Waals surface area contributed by atoms with Gasteiger partial charge in [0, 0.05) is 12.6 Å². The first-order valence-electron chi connectivity index (χ1n) is 4.85. The highest BCUT2D eigenvalue weighted by atomic mass is 16.6. The SMILES string of the molecule is C=CC(=O)OC(C)N(CCCC)C(=O)O. The van der Waals surface area contributed by atoms with E-state index in [9.17, 15) is 9.59 Å². The van der Waals surface area contributed by atoms with Crippen molar-refractivity contribution in [3.05, 3.63) is 12.7 Å². The molecule has 86 valence electrons. The van der Waals surface area contributed by atoms with Gasteiger partial charge in [-0.25, -0.2) is 9.59 Å². The monoisotopic (exact) mass is 215 g/mol. The number of unbranched alkanes of at least 4 members (excludes halogenated alkanes) is 1. The van der Waals surface area contributed by atoms with Crippen molar-refractivity contribution in [1.29, 1.82) is 0 Å². The van der Waals surface area contributed by atoms with Gasteiger partial charge in [0.05, 0.1) is 0 Å². The molecule has 0 fully saturated rings. The lowest BCUT2D eigenvalue weighted by Gasteiger charge is -2.25. The van der Waals surface area contributed by atoms with Crippen molar-refractivity contribution < 1.29 is 19.4 Å². The topological polar surface area (TPSA) is 66.8 Å². The predicted molar refractivity (Wildman–Crippen MR) is 55.4 cm³/mol. The molecule has 5 heteroatoms. The lowest BCUT2D eigenvalue weighted by molar-refractivity contribution is -0.149. The third-order valence-corrected chi connectivity index (χ3v) is 1.89. The Morgan fingerprint density at radius 2 is 2.20 bits per heavy atom. The second kappa shape index (κ2) is 6.86. The van der Waals surface area contributed by atoms with Crippen molar-refractivity contribution in [3.63, 3.8) is 0 Å². The molecule has 1 atom stereocenters. The molecule has 1 unspecified atom stereocenters. The van der Waals surface area contributed by atoms with Gasteiger partial charge in [-0.1, -0.05) is 19.9 Å². The molecule has 0 aliphatic carbocycles. The summed E-state index contributed by atoms with van der Waals surface area (Å²) in [6.45, 7) is 7.08. The normalized spacial score (nSPS) is 11.6. The van der Waals surface area contributed by atoms with Crippen molar-refractivity contribution in [2.75, 3.05) is 6.54 Å². The Morgan fingerprint density at radius 1 is 1.60 bits per heavy atom. The number of nitrogens with zero attached hydrogens (tertiary/aromatic N) is 1. The van der Waals surface area contributed by atoms with E-state index in [4.69, 9.17) is 9.84 Å². The average Bonchev–Trinajstić information content (AvgIpc) is 2.17. The second-order valence-electron chi connectivity index (χ2n) is 3.07. The minimum absolute atomic E-state index is 0.359. The Balaban J connectivity index is 4.27. The molecule has 1 N–H and O–H groups in total. The van der Waals surface area contributed by atoms with Crippen molar-refractivity contribution >= 4 is 12.1 Å². The molecule has 1 amide bonds. The zero-order chi connectivity index (χ0) is 11.8. The molecule has 5 nitrogen and oxygen atoms in total. The maximum atomic E-state index is 10.9. The number of carbonyl (C=O) groups excluding carboxylic acids is 1. The third kappa shape index (κ3) is 5.05. The number of amides is 1. The van der Waals surface area contributed by atoms with Gasteiger partial charge in [0.2, 0.25) is 0 Å². The van der Waals surface area contributed by atoms with E-state index in [0.29, 0.717) is 6.54 Å². The Labute approximate surface area is 89.3 Å². The number of hydrogen-bond acceptors (Lipinski definition) is 3. The van der Waals surface area contributed by atoms with Gasteiger partial charge >= 0.3 is 12.1 Å². The summed E-state index contributed by atoms with van der Waals surface area (Å²) in [4.78, 5) is 22.8. The number of esters is 1. The summed E-state index contributed by atoms with van der Waals surface area (Å²) >= 11 is 0.